The largest absolute Gasteiger partial charge is 0.368 e. The summed E-state index contributed by atoms with van der Waals surface area (Å²) >= 11 is 0. The van der Waals surface area contributed by atoms with Crippen molar-refractivity contribution in [3.05, 3.63) is 0 Å². The highest BCUT2D eigenvalue weighted by atomic mass is 16.2. The first-order chi connectivity index (χ1) is 11.0. The first-order valence-corrected chi connectivity index (χ1v) is 9.06. The number of hydrogen-bond donors (Lipinski definition) is 3. The average molecular weight is 324 g/mol. The summed E-state index contributed by atoms with van der Waals surface area (Å²) in [5, 5.41) is 6.31. The molecule has 2 aliphatic rings. The van der Waals surface area contributed by atoms with Gasteiger partial charge in [0, 0.05) is 6.54 Å². The van der Waals surface area contributed by atoms with Crippen LogP contribution in [0, 0.1) is 11.8 Å². The second kappa shape index (κ2) is 9.23. The highest BCUT2D eigenvalue weighted by Crippen LogP contribution is 2.28. The van der Waals surface area contributed by atoms with E-state index >= 15 is 0 Å². The fourth-order valence-corrected chi connectivity index (χ4v) is 3.54. The molecule has 4 N–H and O–H groups in total. The van der Waals surface area contributed by atoms with Gasteiger partial charge in [-0.25, -0.2) is 0 Å². The lowest BCUT2D eigenvalue weighted by molar-refractivity contribution is -0.122. The van der Waals surface area contributed by atoms with Gasteiger partial charge >= 0.3 is 0 Å². The Bertz CT molecular complexity index is 388. The number of nitrogens with zero attached hydrogens (tertiary/aromatic N) is 1. The molecule has 1 saturated carbocycles. The van der Waals surface area contributed by atoms with Gasteiger partial charge in [0.05, 0.1) is 12.6 Å². The van der Waals surface area contributed by atoms with E-state index in [1.165, 1.54) is 12.8 Å². The summed E-state index contributed by atoms with van der Waals surface area (Å²) < 4.78 is 0. The van der Waals surface area contributed by atoms with E-state index in [0.29, 0.717) is 18.4 Å². The third-order valence-corrected chi connectivity index (χ3v) is 5.26. The number of nitrogens with two attached hydrogens (primary N) is 1. The Labute approximate surface area is 139 Å². The van der Waals surface area contributed by atoms with E-state index < -0.39 is 0 Å². The minimum Gasteiger partial charge on any atom is -0.368 e. The van der Waals surface area contributed by atoms with Gasteiger partial charge in [-0.05, 0) is 76.9 Å². The third-order valence-electron chi connectivity index (χ3n) is 5.26. The summed E-state index contributed by atoms with van der Waals surface area (Å²) in [5.41, 5.74) is 5.25. The Hall–Kier alpha value is -1.14. The van der Waals surface area contributed by atoms with Crippen LogP contribution in [0.5, 0.6) is 0 Å². The van der Waals surface area contributed by atoms with Gasteiger partial charge in [-0.2, -0.15) is 0 Å². The van der Waals surface area contributed by atoms with Gasteiger partial charge in [-0.1, -0.05) is 0 Å². The summed E-state index contributed by atoms with van der Waals surface area (Å²) in [6.45, 7) is 6.17. The van der Waals surface area contributed by atoms with Crippen molar-refractivity contribution in [2.75, 3.05) is 32.7 Å². The molecule has 23 heavy (non-hydrogen) atoms. The summed E-state index contributed by atoms with van der Waals surface area (Å²) in [5.74, 6) is 1.10. The van der Waals surface area contributed by atoms with E-state index in [-0.39, 0.29) is 17.9 Å². The zero-order valence-electron chi connectivity index (χ0n) is 14.4. The Morgan fingerprint density at radius 3 is 2.22 bits per heavy atom. The van der Waals surface area contributed by atoms with Crippen LogP contribution in [-0.4, -0.2) is 55.5 Å². The quantitative estimate of drug-likeness (QED) is 0.606. The van der Waals surface area contributed by atoms with E-state index in [9.17, 15) is 9.59 Å². The topological polar surface area (TPSA) is 87.5 Å². The van der Waals surface area contributed by atoms with Crippen LogP contribution in [0.4, 0.5) is 0 Å². The minimum absolute atomic E-state index is 0.172. The molecular weight excluding hydrogens is 292 g/mol. The molecule has 0 spiro atoms. The number of carbonyl (C=O) groups is 2. The third kappa shape index (κ3) is 6.47. The Balaban J connectivity index is 1.55. The van der Waals surface area contributed by atoms with Crippen LogP contribution < -0.4 is 16.4 Å². The van der Waals surface area contributed by atoms with Crippen LogP contribution in [0.15, 0.2) is 0 Å². The number of primary amides is 1. The molecule has 132 valence electrons. The lowest BCUT2D eigenvalue weighted by atomic mass is 9.82. The smallest absolute Gasteiger partial charge is 0.234 e. The molecule has 0 aromatic rings. The minimum atomic E-state index is -0.292. The van der Waals surface area contributed by atoms with E-state index in [1.807, 2.05) is 6.92 Å². The predicted molar refractivity (Wildman–Crippen MR) is 90.8 cm³/mol. The van der Waals surface area contributed by atoms with Crippen molar-refractivity contribution in [3.8, 4) is 0 Å². The van der Waals surface area contributed by atoms with Gasteiger partial charge < -0.3 is 16.4 Å². The zero-order chi connectivity index (χ0) is 16.7. The van der Waals surface area contributed by atoms with Crippen molar-refractivity contribution in [2.45, 2.75) is 51.5 Å². The van der Waals surface area contributed by atoms with Crippen LogP contribution in [0.2, 0.25) is 0 Å². The predicted octanol–water partition coefficient (Wildman–Crippen LogP) is 0.468. The second-order valence-electron chi connectivity index (χ2n) is 7.21. The average Bonchev–Trinajstić information content (AvgIpc) is 3.04. The summed E-state index contributed by atoms with van der Waals surface area (Å²) in [6.07, 6.45) is 7.07. The highest BCUT2D eigenvalue weighted by molar-refractivity contribution is 5.79. The van der Waals surface area contributed by atoms with Crippen molar-refractivity contribution >= 4 is 11.8 Å². The number of hydrogen-bond acceptors (Lipinski definition) is 4. The molecule has 1 saturated heterocycles. The maximum atomic E-state index is 11.9. The number of amides is 2. The Morgan fingerprint density at radius 2 is 1.65 bits per heavy atom. The Morgan fingerprint density at radius 1 is 1.09 bits per heavy atom. The molecule has 2 fully saturated rings. The van der Waals surface area contributed by atoms with Gasteiger partial charge in [-0.15, -0.1) is 0 Å². The van der Waals surface area contributed by atoms with Crippen LogP contribution >= 0.6 is 0 Å². The number of likely N-dealkylation sites (tertiary alicyclic amines) is 1. The molecule has 2 amide bonds. The summed E-state index contributed by atoms with van der Waals surface area (Å²) in [6, 6.07) is -0.252. The van der Waals surface area contributed by atoms with Gasteiger partial charge in [0.2, 0.25) is 11.8 Å². The molecule has 6 nitrogen and oxygen atoms in total. The molecule has 1 aliphatic carbocycles. The Kier molecular flexibility index (Phi) is 7.30. The van der Waals surface area contributed by atoms with E-state index in [1.54, 1.807) is 0 Å². The summed E-state index contributed by atoms with van der Waals surface area (Å²) in [7, 11) is 0. The van der Waals surface area contributed by atoms with E-state index in [2.05, 4.69) is 15.5 Å². The molecule has 6 heteroatoms. The SMILES string of the molecule is CC(NCC1CCC(CNC(=O)CN2CCCC2)CC1)C(N)=O. The molecule has 0 radical (unpaired) electrons. The molecule has 0 aromatic heterocycles. The van der Waals surface area contributed by atoms with Crippen molar-refractivity contribution in [1.29, 1.82) is 0 Å². The van der Waals surface area contributed by atoms with Crippen molar-refractivity contribution < 1.29 is 9.59 Å². The van der Waals surface area contributed by atoms with Crippen LogP contribution in [-0.2, 0) is 9.59 Å². The monoisotopic (exact) mass is 324 g/mol. The van der Waals surface area contributed by atoms with E-state index in [0.717, 1.165) is 51.9 Å². The van der Waals surface area contributed by atoms with Crippen LogP contribution in [0.25, 0.3) is 0 Å². The summed E-state index contributed by atoms with van der Waals surface area (Å²) in [4.78, 5) is 25.2. The number of carbonyl (C=O) groups excluding carboxylic acids is 2. The molecule has 1 atom stereocenters. The molecular formula is C17H32N4O2. The van der Waals surface area contributed by atoms with Gasteiger partial charge in [0.25, 0.3) is 0 Å². The van der Waals surface area contributed by atoms with Crippen LogP contribution in [0.3, 0.4) is 0 Å². The lowest BCUT2D eigenvalue weighted by Gasteiger charge is -2.29. The molecule has 0 bridgehead atoms. The fourth-order valence-electron chi connectivity index (χ4n) is 3.54. The first kappa shape index (κ1) is 18.2. The van der Waals surface area contributed by atoms with Gasteiger partial charge in [-0.3, -0.25) is 14.5 Å². The molecule has 1 unspecified atom stereocenters. The van der Waals surface area contributed by atoms with Gasteiger partial charge in [0.1, 0.15) is 0 Å². The number of nitrogens with one attached hydrogen (secondary N) is 2. The van der Waals surface area contributed by atoms with Crippen molar-refractivity contribution in [2.24, 2.45) is 17.6 Å². The van der Waals surface area contributed by atoms with Crippen LogP contribution in [0.1, 0.15) is 45.4 Å². The van der Waals surface area contributed by atoms with Crippen molar-refractivity contribution in [1.82, 2.24) is 15.5 Å². The zero-order valence-corrected chi connectivity index (χ0v) is 14.4. The molecule has 1 aliphatic heterocycles. The number of rotatable bonds is 8. The molecule has 1 heterocycles. The maximum Gasteiger partial charge on any atom is 0.234 e. The fraction of sp³-hybridized carbons (Fsp3) is 0.882. The normalized spacial score (nSPS) is 26.8. The second-order valence-corrected chi connectivity index (χ2v) is 7.21. The van der Waals surface area contributed by atoms with Crippen molar-refractivity contribution in [3.63, 3.8) is 0 Å². The first-order valence-electron chi connectivity index (χ1n) is 9.06. The lowest BCUT2D eigenvalue weighted by Crippen LogP contribution is -2.42. The van der Waals surface area contributed by atoms with E-state index in [4.69, 9.17) is 5.73 Å². The molecule has 2 rings (SSSR count). The van der Waals surface area contributed by atoms with Gasteiger partial charge in [0.15, 0.2) is 0 Å². The maximum absolute atomic E-state index is 11.9. The highest BCUT2D eigenvalue weighted by Gasteiger charge is 2.23. The molecule has 0 aromatic carbocycles. The standard InChI is InChI=1S/C17H32N4O2/c1-13(17(18)23)19-10-14-4-6-15(7-5-14)11-20-16(22)12-21-8-2-3-9-21/h13-15,19H,2-12H2,1H3,(H2,18,23)(H,20,22).